The van der Waals surface area contributed by atoms with E-state index in [-0.39, 0.29) is 12.1 Å². The Bertz CT molecular complexity index is 1080. The van der Waals surface area contributed by atoms with E-state index in [9.17, 15) is 12.8 Å². The van der Waals surface area contributed by atoms with Crippen LogP contribution in [0.3, 0.4) is 0 Å². The van der Waals surface area contributed by atoms with Gasteiger partial charge in [-0.3, -0.25) is 0 Å². The molecule has 6 nitrogen and oxygen atoms in total. The molecule has 0 aliphatic carbocycles. The molecule has 2 aliphatic heterocycles. The molecule has 2 aromatic rings. The number of quaternary nitrogens is 1. The average molecular weight is 463 g/mol. The van der Waals surface area contributed by atoms with Gasteiger partial charge >= 0.3 is 10.2 Å². The molecule has 0 aromatic heterocycles. The van der Waals surface area contributed by atoms with Gasteiger partial charge in [0.25, 0.3) is 0 Å². The number of benzene rings is 2. The van der Waals surface area contributed by atoms with Crippen LogP contribution in [0.25, 0.3) is 0 Å². The Morgan fingerprint density at radius 2 is 1.97 bits per heavy atom. The third-order valence-corrected chi connectivity index (χ3v) is 8.59. The highest BCUT2D eigenvalue weighted by molar-refractivity contribution is 7.90. The van der Waals surface area contributed by atoms with Gasteiger partial charge in [0.1, 0.15) is 18.1 Å². The van der Waals surface area contributed by atoms with E-state index >= 15 is 0 Å². The van der Waals surface area contributed by atoms with Crippen LogP contribution in [0.15, 0.2) is 48.5 Å². The van der Waals surface area contributed by atoms with E-state index in [0.29, 0.717) is 18.7 Å². The van der Waals surface area contributed by atoms with Crippen molar-refractivity contribution in [1.29, 1.82) is 0 Å². The first-order valence-corrected chi connectivity index (χ1v) is 12.6. The molecule has 2 fully saturated rings. The van der Waals surface area contributed by atoms with Crippen LogP contribution < -0.4 is 13.9 Å². The second kappa shape index (κ2) is 8.65. The van der Waals surface area contributed by atoms with Gasteiger partial charge in [-0.25, -0.2) is 8.70 Å². The lowest BCUT2D eigenvalue weighted by Gasteiger charge is -2.45. The van der Waals surface area contributed by atoms with E-state index < -0.39 is 21.6 Å². The molecule has 3 atom stereocenters. The summed E-state index contributed by atoms with van der Waals surface area (Å²) in [5.41, 5.74) is 1.05. The number of anilines is 1. The van der Waals surface area contributed by atoms with Gasteiger partial charge in [-0.1, -0.05) is 18.2 Å². The Labute approximate surface area is 190 Å². The zero-order valence-corrected chi connectivity index (χ0v) is 20.0. The molecule has 2 saturated heterocycles. The molecule has 0 radical (unpaired) electrons. The maximum Gasteiger partial charge on any atom is 0.304 e. The van der Waals surface area contributed by atoms with Crippen molar-refractivity contribution in [3.05, 3.63) is 59.9 Å². The highest BCUT2D eigenvalue weighted by atomic mass is 32.2. The molecule has 0 bridgehead atoms. The quantitative estimate of drug-likeness (QED) is 0.743. The van der Waals surface area contributed by atoms with Crippen LogP contribution in [-0.4, -0.2) is 50.5 Å². The van der Waals surface area contributed by atoms with Crippen molar-refractivity contribution in [2.24, 2.45) is 0 Å². The second-order valence-electron chi connectivity index (χ2n) is 9.49. The number of likely N-dealkylation sites (N-methyl/N-ethyl adjacent to an activating group) is 1. The first-order chi connectivity index (χ1) is 15.1. The van der Waals surface area contributed by atoms with Gasteiger partial charge in [0.15, 0.2) is 0 Å². The fraction of sp³-hybridized carbons (Fsp3) is 0.500. The Hall–Kier alpha value is -2.16. The van der Waals surface area contributed by atoms with Gasteiger partial charge in [-0.05, 0) is 51.1 Å². The van der Waals surface area contributed by atoms with Crippen LogP contribution in [0, 0.1) is 5.82 Å². The number of halogens is 1. The molecule has 1 spiro atoms. The van der Waals surface area contributed by atoms with Crippen molar-refractivity contribution in [3.63, 3.8) is 0 Å². The van der Waals surface area contributed by atoms with Crippen molar-refractivity contribution in [1.82, 2.24) is 4.31 Å². The maximum atomic E-state index is 14.0. The van der Waals surface area contributed by atoms with Gasteiger partial charge < -0.3 is 9.64 Å². The number of piperidine rings is 1. The normalized spacial score (nSPS) is 27.9. The van der Waals surface area contributed by atoms with Gasteiger partial charge in [0, 0.05) is 32.0 Å². The fourth-order valence-corrected chi connectivity index (χ4v) is 7.04. The van der Waals surface area contributed by atoms with Crippen LogP contribution in [-0.2, 0) is 16.8 Å². The number of rotatable bonds is 5. The van der Waals surface area contributed by atoms with E-state index in [1.54, 1.807) is 19.2 Å². The molecule has 2 heterocycles. The molecule has 8 heteroatoms. The Morgan fingerprint density at radius 1 is 1.22 bits per heavy atom. The summed E-state index contributed by atoms with van der Waals surface area (Å²) >= 11 is 0. The smallest absolute Gasteiger partial charge is 0.304 e. The Morgan fingerprint density at radius 3 is 2.66 bits per heavy atom. The summed E-state index contributed by atoms with van der Waals surface area (Å²) in [6.07, 6.45) is 1.56. The van der Waals surface area contributed by atoms with Crippen LogP contribution in [0.5, 0.6) is 5.75 Å². The number of hydrogen-bond acceptors (Lipinski definition) is 3. The van der Waals surface area contributed by atoms with Crippen molar-refractivity contribution >= 4 is 15.9 Å². The zero-order chi connectivity index (χ0) is 23.1. The van der Waals surface area contributed by atoms with Crippen LogP contribution >= 0.6 is 0 Å². The number of nitrogens with zero attached hydrogens (tertiary/aromatic N) is 2. The third kappa shape index (κ3) is 4.36. The largest absolute Gasteiger partial charge is 0.491 e. The van der Waals surface area contributed by atoms with E-state index in [4.69, 9.17) is 4.74 Å². The summed E-state index contributed by atoms with van der Waals surface area (Å²) < 4.78 is 49.1. The van der Waals surface area contributed by atoms with E-state index in [1.807, 2.05) is 26.0 Å². The van der Waals surface area contributed by atoms with E-state index in [1.165, 1.54) is 31.2 Å². The molecular formula is C24H33FN3O3S+. The molecule has 0 saturated carbocycles. The Balaban J connectivity index is 1.56. The minimum Gasteiger partial charge on any atom is -0.491 e. The summed E-state index contributed by atoms with van der Waals surface area (Å²) in [7, 11) is -2.07. The second-order valence-corrected chi connectivity index (χ2v) is 11.4. The number of hydrogen-bond donors (Lipinski definition) is 1. The minimum atomic E-state index is -3.69. The van der Waals surface area contributed by atoms with Crippen LogP contribution in [0.1, 0.15) is 39.2 Å². The first-order valence-electron chi connectivity index (χ1n) is 11.2. The molecule has 32 heavy (non-hydrogen) atoms. The predicted octanol–water partition coefficient (Wildman–Crippen LogP) is 2.62. The molecule has 2 aliphatic rings. The highest BCUT2D eigenvalue weighted by Crippen LogP contribution is 2.41. The van der Waals surface area contributed by atoms with Gasteiger partial charge in [0.05, 0.1) is 29.9 Å². The molecule has 174 valence electrons. The Kier molecular flexibility index (Phi) is 6.22. The molecule has 1 N–H and O–H groups in total. The summed E-state index contributed by atoms with van der Waals surface area (Å²) in [5, 5.41) is 0. The SMILES string of the molecule is CC(C)Oc1cccc(C[NH+]2CC[C@@]3(C[C@@H]2C)CN(C)S(=O)(=O)N3c2cccc(F)c2)c1. The monoisotopic (exact) mass is 462 g/mol. The average Bonchev–Trinajstić information content (AvgIpc) is 2.89. The van der Waals surface area contributed by atoms with Crippen LogP contribution in [0.4, 0.5) is 10.1 Å². The number of nitrogens with one attached hydrogen (secondary N) is 1. The fourth-order valence-electron chi connectivity index (χ4n) is 5.26. The van der Waals surface area contributed by atoms with E-state index in [2.05, 4.69) is 19.1 Å². The standard InChI is InChI=1S/C24H32FN3O3S/c1-18(2)31-23-10-5-7-20(13-23)16-27-12-11-24(15-19(27)3)17-26(4)32(29,30)28(24)22-9-6-8-21(25)14-22/h5-10,13-14,18-19H,11-12,15-17H2,1-4H3/p+1/t19-,24+/m0/s1. The number of likely N-dealkylation sites (tertiary alicyclic amines) is 1. The molecule has 2 aromatic carbocycles. The summed E-state index contributed by atoms with van der Waals surface area (Å²) in [4.78, 5) is 1.42. The zero-order valence-electron chi connectivity index (χ0n) is 19.2. The lowest BCUT2D eigenvalue weighted by Crippen LogP contribution is -3.16. The molecule has 4 rings (SSSR count). The molecule has 1 unspecified atom stereocenters. The lowest BCUT2D eigenvalue weighted by molar-refractivity contribution is -0.943. The van der Waals surface area contributed by atoms with E-state index in [0.717, 1.165) is 25.3 Å². The van der Waals surface area contributed by atoms with Gasteiger partial charge in [0.2, 0.25) is 0 Å². The predicted molar refractivity (Wildman–Crippen MR) is 124 cm³/mol. The minimum absolute atomic E-state index is 0.126. The first kappa shape index (κ1) is 23.0. The summed E-state index contributed by atoms with van der Waals surface area (Å²) in [6, 6.07) is 14.4. The maximum absolute atomic E-state index is 14.0. The third-order valence-electron chi connectivity index (χ3n) is 6.61. The van der Waals surface area contributed by atoms with Crippen molar-refractivity contribution in [2.45, 2.75) is 57.8 Å². The van der Waals surface area contributed by atoms with Gasteiger partial charge in [-0.2, -0.15) is 12.7 Å². The van der Waals surface area contributed by atoms with Crippen molar-refractivity contribution in [3.8, 4) is 5.75 Å². The van der Waals surface area contributed by atoms with Crippen molar-refractivity contribution < 1.29 is 22.4 Å². The molecule has 0 amide bonds. The van der Waals surface area contributed by atoms with Crippen LogP contribution in [0.2, 0.25) is 0 Å². The lowest BCUT2D eigenvalue weighted by atomic mass is 9.82. The number of ether oxygens (including phenoxy) is 1. The topological polar surface area (TPSA) is 54.3 Å². The van der Waals surface area contributed by atoms with Crippen molar-refractivity contribution in [2.75, 3.05) is 24.4 Å². The molecular weight excluding hydrogens is 429 g/mol. The highest BCUT2D eigenvalue weighted by Gasteiger charge is 2.56. The summed E-state index contributed by atoms with van der Waals surface area (Å²) in [5.74, 6) is 0.445. The summed E-state index contributed by atoms with van der Waals surface area (Å²) in [6.45, 7) is 8.32. The van der Waals surface area contributed by atoms with Gasteiger partial charge in [-0.15, -0.1) is 0 Å².